The van der Waals surface area contributed by atoms with E-state index in [1.807, 2.05) is 31.2 Å². The Morgan fingerprint density at radius 2 is 2.16 bits per heavy atom. The van der Waals surface area contributed by atoms with Crippen LogP contribution in [0.25, 0.3) is 11.4 Å². The van der Waals surface area contributed by atoms with E-state index in [0.29, 0.717) is 17.4 Å². The molecule has 7 nitrogen and oxygen atoms in total. The van der Waals surface area contributed by atoms with Crippen molar-refractivity contribution in [2.45, 2.75) is 39.7 Å². The van der Waals surface area contributed by atoms with Gasteiger partial charge < -0.3 is 9.84 Å². The molecule has 1 aromatic carbocycles. The minimum Gasteiger partial charge on any atom is -0.339 e. The fourth-order valence-corrected chi connectivity index (χ4v) is 2.55. The summed E-state index contributed by atoms with van der Waals surface area (Å²) in [5.74, 6) is 0.594. The minimum absolute atomic E-state index is 0.276. The molecule has 0 aliphatic heterocycles. The Balaban J connectivity index is 1.70. The van der Waals surface area contributed by atoms with Crippen LogP contribution in [0.5, 0.6) is 0 Å². The van der Waals surface area contributed by atoms with Gasteiger partial charge in [0.15, 0.2) is 0 Å². The van der Waals surface area contributed by atoms with Crippen molar-refractivity contribution in [3.63, 3.8) is 0 Å². The number of hydrogen-bond acceptors (Lipinski definition) is 5. The highest BCUT2D eigenvalue weighted by Gasteiger charge is 2.20. The number of carbonyl (C=O) groups is 1. The molecule has 0 spiro atoms. The normalized spacial score (nSPS) is 12.1. The summed E-state index contributed by atoms with van der Waals surface area (Å²) in [6.07, 6.45) is 1.85. The Morgan fingerprint density at radius 3 is 2.92 bits per heavy atom. The molecule has 2 heterocycles. The molecule has 1 atom stereocenters. The molecule has 25 heavy (non-hydrogen) atoms. The Labute approximate surface area is 145 Å². The average Bonchev–Trinajstić information content (AvgIpc) is 3.25. The van der Waals surface area contributed by atoms with Crippen LogP contribution >= 0.6 is 0 Å². The molecule has 0 saturated heterocycles. The summed E-state index contributed by atoms with van der Waals surface area (Å²) >= 11 is 0. The summed E-state index contributed by atoms with van der Waals surface area (Å²) in [7, 11) is 0. The zero-order valence-electron chi connectivity index (χ0n) is 14.5. The molecule has 0 aliphatic rings. The standard InChI is InChI=1S/C18H21N5O2/c1-4-7-13-10-15(22-21-13)17(24)19-12(3)18-20-16(23-25-18)14-9-6-5-8-11(14)2/h5-6,8-10,12H,4,7H2,1-3H3,(H,19,24)(H,21,22)/t12-/m0/s1. The SMILES string of the molecule is CCCc1cc(C(=O)N[C@@H](C)c2nc(-c3ccccc3C)no2)n[nH]1. The Kier molecular flexibility index (Phi) is 4.92. The van der Waals surface area contributed by atoms with Gasteiger partial charge in [-0.2, -0.15) is 10.1 Å². The van der Waals surface area contributed by atoms with E-state index >= 15 is 0 Å². The van der Waals surface area contributed by atoms with Gasteiger partial charge in [0.05, 0.1) is 0 Å². The number of amides is 1. The Morgan fingerprint density at radius 1 is 1.36 bits per heavy atom. The number of aromatic amines is 1. The van der Waals surface area contributed by atoms with Crippen LogP contribution in [0.1, 0.15) is 53.9 Å². The van der Waals surface area contributed by atoms with E-state index in [4.69, 9.17) is 4.52 Å². The van der Waals surface area contributed by atoms with Gasteiger partial charge in [0, 0.05) is 11.3 Å². The topological polar surface area (TPSA) is 96.7 Å². The summed E-state index contributed by atoms with van der Waals surface area (Å²) in [5, 5.41) is 13.8. The Bertz CT molecular complexity index is 868. The molecule has 130 valence electrons. The van der Waals surface area contributed by atoms with Crippen molar-refractivity contribution in [1.82, 2.24) is 25.7 Å². The van der Waals surface area contributed by atoms with Gasteiger partial charge in [-0.05, 0) is 31.9 Å². The molecule has 7 heteroatoms. The van der Waals surface area contributed by atoms with Gasteiger partial charge in [-0.25, -0.2) is 0 Å². The summed E-state index contributed by atoms with van der Waals surface area (Å²) in [6, 6.07) is 9.16. The molecule has 0 bridgehead atoms. The summed E-state index contributed by atoms with van der Waals surface area (Å²) < 4.78 is 5.31. The first-order chi connectivity index (χ1) is 12.1. The molecule has 1 amide bonds. The molecule has 3 rings (SSSR count). The summed E-state index contributed by atoms with van der Waals surface area (Å²) in [4.78, 5) is 16.7. The van der Waals surface area contributed by atoms with Crippen LogP contribution in [0.4, 0.5) is 0 Å². The molecule has 2 N–H and O–H groups in total. The van der Waals surface area contributed by atoms with Gasteiger partial charge in [-0.3, -0.25) is 9.89 Å². The number of aromatic nitrogens is 4. The Hall–Kier alpha value is -2.96. The monoisotopic (exact) mass is 339 g/mol. The smallest absolute Gasteiger partial charge is 0.272 e. The van der Waals surface area contributed by atoms with Gasteiger partial charge in [0.2, 0.25) is 11.7 Å². The van der Waals surface area contributed by atoms with E-state index in [2.05, 4.69) is 32.6 Å². The van der Waals surface area contributed by atoms with Crippen molar-refractivity contribution in [3.05, 3.63) is 53.2 Å². The number of carbonyl (C=O) groups excluding carboxylic acids is 1. The lowest BCUT2D eigenvalue weighted by atomic mass is 10.1. The van der Waals surface area contributed by atoms with Crippen LogP contribution in [0, 0.1) is 6.92 Å². The second kappa shape index (κ2) is 7.29. The average molecular weight is 339 g/mol. The lowest BCUT2D eigenvalue weighted by Gasteiger charge is -2.07. The first kappa shape index (κ1) is 16.9. The van der Waals surface area contributed by atoms with Crippen LogP contribution in [0.15, 0.2) is 34.9 Å². The van der Waals surface area contributed by atoms with Gasteiger partial charge >= 0.3 is 0 Å². The van der Waals surface area contributed by atoms with Gasteiger partial charge in [-0.1, -0.05) is 42.8 Å². The highest BCUT2D eigenvalue weighted by Crippen LogP contribution is 2.21. The maximum atomic E-state index is 12.3. The van der Waals surface area contributed by atoms with Crippen molar-refractivity contribution >= 4 is 5.91 Å². The van der Waals surface area contributed by atoms with E-state index in [0.717, 1.165) is 29.7 Å². The molecule has 0 fully saturated rings. The van der Waals surface area contributed by atoms with E-state index in [1.54, 1.807) is 13.0 Å². The first-order valence-corrected chi connectivity index (χ1v) is 8.33. The van der Waals surface area contributed by atoms with E-state index in [9.17, 15) is 4.79 Å². The zero-order chi connectivity index (χ0) is 17.8. The highest BCUT2D eigenvalue weighted by atomic mass is 16.5. The molecule has 0 aliphatic carbocycles. The van der Waals surface area contributed by atoms with Gasteiger partial charge in [0.1, 0.15) is 11.7 Å². The van der Waals surface area contributed by atoms with Crippen molar-refractivity contribution in [2.24, 2.45) is 0 Å². The number of aryl methyl sites for hydroxylation is 2. The van der Waals surface area contributed by atoms with Crippen molar-refractivity contribution in [3.8, 4) is 11.4 Å². The van der Waals surface area contributed by atoms with Crippen LogP contribution in [-0.2, 0) is 6.42 Å². The third-order valence-corrected chi connectivity index (χ3v) is 3.93. The van der Waals surface area contributed by atoms with E-state index in [-0.39, 0.29) is 5.91 Å². The number of hydrogen-bond donors (Lipinski definition) is 2. The van der Waals surface area contributed by atoms with Crippen LogP contribution in [0.2, 0.25) is 0 Å². The first-order valence-electron chi connectivity index (χ1n) is 8.33. The molecule has 2 aromatic heterocycles. The molecular weight excluding hydrogens is 318 g/mol. The highest BCUT2D eigenvalue weighted by molar-refractivity contribution is 5.92. The molecule has 0 saturated carbocycles. The molecular formula is C18H21N5O2. The maximum Gasteiger partial charge on any atom is 0.272 e. The number of benzene rings is 1. The number of H-pyrrole nitrogens is 1. The van der Waals surface area contributed by atoms with Crippen molar-refractivity contribution < 1.29 is 9.32 Å². The van der Waals surface area contributed by atoms with Gasteiger partial charge in [0.25, 0.3) is 5.91 Å². The number of nitrogens with one attached hydrogen (secondary N) is 2. The molecule has 3 aromatic rings. The summed E-state index contributed by atoms with van der Waals surface area (Å²) in [6.45, 7) is 5.86. The third-order valence-electron chi connectivity index (χ3n) is 3.93. The second-order valence-electron chi connectivity index (χ2n) is 5.99. The predicted molar refractivity (Wildman–Crippen MR) is 92.9 cm³/mol. The zero-order valence-corrected chi connectivity index (χ0v) is 14.5. The summed E-state index contributed by atoms with van der Waals surface area (Å²) in [5.41, 5.74) is 3.27. The van der Waals surface area contributed by atoms with Crippen LogP contribution in [0.3, 0.4) is 0 Å². The number of nitrogens with zero attached hydrogens (tertiary/aromatic N) is 3. The third kappa shape index (κ3) is 3.76. The lowest BCUT2D eigenvalue weighted by Crippen LogP contribution is -2.27. The van der Waals surface area contributed by atoms with Crippen molar-refractivity contribution in [2.75, 3.05) is 0 Å². The van der Waals surface area contributed by atoms with E-state index < -0.39 is 6.04 Å². The maximum absolute atomic E-state index is 12.3. The van der Waals surface area contributed by atoms with Crippen LogP contribution in [-0.4, -0.2) is 26.2 Å². The minimum atomic E-state index is -0.413. The van der Waals surface area contributed by atoms with Crippen molar-refractivity contribution in [1.29, 1.82) is 0 Å². The molecule has 0 unspecified atom stereocenters. The lowest BCUT2D eigenvalue weighted by molar-refractivity contribution is 0.0927. The fraction of sp³-hybridized carbons (Fsp3) is 0.333. The molecule has 0 radical (unpaired) electrons. The fourth-order valence-electron chi connectivity index (χ4n) is 2.55. The van der Waals surface area contributed by atoms with Crippen LogP contribution < -0.4 is 5.32 Å². The number of rotatable bonds is 6. The van der Waals surface area contributed by atoms with Gasteiger partial charge in [-0.15, -0.1) is 0 Å². The quantitative estimate of drug-likeness (QED) is 0.719. The largest absolute Gasteiger partial charge is 0.339 e. The second-order valence-corrected chi connectivity index (χ2v) is 5.99. The van der Waals surface area contributed by atoms with E-state index in [1.165, 1.54) is 0 Å². The predicted octanol–water partition coefficient (Wildman–Crippen LogP) is 3.21.